The molecule has 0 bridgehead atoms. The molecule has 1 aliphatic heterocycles. The predicted molar refractivity (Wildman–Crippen MR) is 101 cm³/mol. The minimum atomic E-state index is -3.19. The van der Waals surface area contributed by atoms with Crippen LogP contribution in [0.2, 0.25) is 0 Å². The smallest absolute Gasteiger partial charge is 0.232 e. The van der Waals surface area contributed by atoms with Gasteiger partial charge in [0, 0.05) is 38.8 Å². The topological polar surface area (TPSA) is 99.0 Å². The van der Waals surface area contributed by atoms with E-state index in [-0.39, 0.29) is 5.75 Å². The molecule has 0 unspecified atom stereocenters. The molecule has 0 atom stereocenters. The van der Waals surface area contributed by atoms with Crippen molar-refractivity contribution in [2.45, 2.75) is 13.5 Å². The summed E-state index contributed by atoms with van der Waals surface area (Å²) in [6, 6.07) is 5.86. The first-order valence-corrected chi connectivity index (χ1v) is 10.4. The van der Waals surface area contributed by atoms with Crippen molar-refractivity contribution in [3.63, 3.8) is 0 Å². The van der Waals surface area contributed by atoms with Gasteiger partial charge in [0.1, 0.15) is 12.1 Å². The third kappa shape index (κ3) is 4.86. The van der Waals surface area contributed by atoms with Crippen molar-refractivity contribution in [2.24, 2.45) is 0 Å². The first-order chi connectivity index (χ1) is 13.4. The number of piperazine rings is 1. The molecular formula is C17H22FN5O4S. The zero-order valence-electron chi connectivity index (χ0n) is 15.4. The fourth-order valence-corrected chi connectivity index (χ4v) is 4.10. The van der Waals surface area contributed by atoms with Gasteiger partial charge in [0.2, 0.25) is 16.4 Å². The van der Waals surface area contributed by atoms with Crippen LogP contribution in [0.4, 0.5) is 15.9 Å². The quantitative estimate of drug-likeness (QED) is 0.516. The third-order valence-corrected chi connectivity index (χ3v) is 6.38. The Labute approximate surface area is 162 Å². The standard InChI is InChI=1S/C17H22FN5O4S/c1-2-28(25,26)22-6-4-21(5-7-22)12-14-9-15(18)11-16(10-14)23(13-24)19-17-3-8-27-20-17/h3,8-11,13H,2,4-7,12H2,1H3,(H,19,20). The number of nitrogens with one attached hydrogen (secondary N) is 1. The highest BCUT2D eigenvalue weighted by Crippen LogP contribution is 2.21. The van der Waals surface area contributed by atoms with Gasteiger partial charge in [-0.1, -0.05) is 5.16 Å². The minimum Gasteiger partial charge on any atom is -0.363 e. The van der Waals surface area contributed by atoms with Crippen LogP contribution in [0.1, 0.15) is 12.5 Å². The number of carbonyl (C=O) groups is 1. The van der Waals surface area contributed by atoms with Crippen molar-refractivity contribution < 1.29 is 22.1 Å². The van der Waals surface area contributed by atoms with Crippen LogP contribution in [-0.4, -0.2) is 61.1 Å². The van der Waals surface area contributed by atoms with Crippen LogP contribution in [0.3, 0.4) is 0 Å². The van der Waals surface area contributed by atoms with E-state index in [2.05, 4.69) is 15.5 Å². The number of benzene rings is 1. The molecule has 2 heterocycles. The molecule has 0 spiro atoms. The van der Waals surface area contributed by atoms with Crippen LogP contribution >= 0.6 is 0 Å². The average molecular weight is 411 g/mol. The predicted octanol–water partition coefficient (Wildman–Crippen LogP) is 1.27. The molecule has 3 rings (SSSR count). The number of hydrazine groups is 1. The maximum absolute atomic E-state index is 14.1. The Morgan fingerprint density at radius 2 is 2.04 bits per heavy atom. The molecule has 9 nitrogen and oxygen atoms in total. The van der Waals surface area contributed by atoms with E-state index in [0.29, 0.717) is 56.2 Å². The second kappa shape index (κ2) is 8.67. The van der Waals surface area contributed by atoms with Crippen molar-refractivity contribution in [1.82, 2.24) is 14.4 Å². The highest BCUT2D eigenvalue weighted by Gasteiger charge is 2.25. The maximum atomic E-state index is 14.1. The number of sulfonamides is 1. The molecule has 1 fully saturated rings. The summed E-state index contributed by atoms with van der Waals surface area (Å²) >= 11 is 0. The number of aromatic nitrogens is 1. The van der Waals surface area contributed by atoms with Gasteiger partial charge in [-0.15, -0.1) is 0 Å². The van der Waals surface area contributed by atoms with Crippen molar-refractivity contribution in [2.75, 3.05) is 42.4 Å². The number of anilines is 2. The Morgan fingerprint density at radius 3 is 2.64 bits per heavy atom. The lowest BCUT2D eigenvalue weighted by Crippen LogP contribution is -2.48. The number of amides is 1. The van der Waals surface area contributed by atoms with E-state index in [1.54, 1.807) is 13.0 Å². The largest absolute Gasteiger partial charge is 0.363 e. The Bertz CT molecular complexity index is 898. The Morgan fingerprint density at radius 1 is 1.29 bits per heavy atom. The van der Waals surface area contributed by atoms with Crippen LogP contribution in [0.5, 0.6) is 0 Å². The fraction of sp³-hybridized carbons (Fsp3) is 0.412. The molecule has 0 radical (unpaired) electrons. The molecule has 1 N–H and O–H groups in total. The summed E-state index contributed by atoms with van der Waals surface area (Å²) in [7, 11) is -3.19. The summed E-state index contributed by atoms with van der Waals surface area (Å²) in [6.45, 7) is 4.00. The van der Waals surface area contributed by atoms with Gasteiger partial charge in [-0.3, -0.25) is 15.1 Å². The number of hydrogen-bond acceptors (Lipinski definition) is 7. The lowest BCUT2D eigenvalue weighted by molar-refractivity contribution is -0.107. The molecular weight excluding hydrogens is 389 g/mol. The summed E-state index contributed by atoms with van der Waals surface area (Å²) in [5, 5.41) is 4.77. The van der Waals surface area contributed by atoms with Gasteiger partial charge < -0.3 is 4.52 Å². The van der Waals surface area contributed by atoms with Crippen molar-refractivity contribution in [1.29, 1.82) is 0 Å². The number of halogens is 1. The molecule has 28 heavy (non-hydrogen) atoms. The van der Waals surface area contributed by atoms with E-state index in [1.165, 1.54) is 28.8 Å². The van der Waals surface area contributed by atoms with Gasteiger partial charge in [0.25, 0.3) is 0 Å². The Balaban J connectivity index is 1.67. The van der Waals surface area contributed by atoms with E-state index in [4.69, 9.17) is 4.52 Å². The van der Waals surface area contributed by atoms with Crippen molar-refractivity contribution in [3.05, 3.63) is 41.9 Å². The van der Waals surface area contributed by atoms with Gasteiger partial charge in [-0.2, -0.15) is 4.31 Å². The molecule has 1 saturated heterocycles. The summed E-state index contributed by atoms with van der Waals surface area (Å²) in [5.74, 6) is -0.0833. The molecule has 1 amide bonds. The number of hydrogen-bond donors (Lipinski definition) is 1. The average Bonchev–Trinajstić information content (AvgIpc) is 3.19. The molecule has 152 valence electrons. The lowest BCUT2D eigenvalue weighted by atomic mass is 10.1. The van der Waals surface area contributed by atoms with Crippen LogP contribution in [0, 0.1) is 5.82 Å². The monoisotopic (exact) mass is 411 g/mol. The summed E-state index contributed by atoms with van der Waals surface area (Å²) < 4.78 is 44.2. The molecule has 11 heteroatoms. The number of carbonyl (C=O) groups excluding carboxylic acids is 1. The first kappa shape index (κ1) is 20.2. The zero-order valence-corrected chi connectivity index (χ0v) is 16.2. The van der Waals surface area contributed by atoms with Crippen LogP contribution < -0.4 is 10.4 Å². The fourth-order valence-electron chi connectivity index (χ4n) is 3.02. The van der Waals surface area contributed by atoms with Gasteiger partial charge in [0.15, 0.2) is 5.82 Å². The SMILES string of the molecule is CCS(=O)(=O)N1CCN(Cc2cc(F)cc(N(C=O)Nc3ccon3)c2)CC1. The highest BCUT2D eigenvalue weighted by molar-refractivity contribution is 7.89. The molecule has 1 aliphatic rings. The van der Waals surface area contributed by atoms with E-state index >= 15 is 0 Å². The van der Waals surface area contributed by atoms with Crippen LogP contribution in [-0.2, 0) is 21.4 Å². The van der Waals surface area contributed by atoms with E-state index < -0.39 is 15.8 Å². The van der Waals surface area contributed by atoms with Gasteiger partial charge in [0.05, 0.1) is 11.4 Å². The first-order valence-electron chi connectivity index (χ1n) is 8.82. The highest BCUT2D eigenvalue weighted by atomic mass is 32.2. The van der Waals surface area contributed by atoms with Gasteiger partial charge in [-0.25, -0.2) is 17.8 Å². The molecule has 0 saturated carbocycles. The normalized spacial score (nSPS) is 16.1. The molecule has 0 aliphatic carbocycles. The molecule has 1 aromatic heterocycles. The summed E-state index contributed by atoms with van der Waals surface area (Å²) in [5.41, 5.74) is 3.71. The molecule has 1 aromatic carbocycles. The zero-order chi connectivity index (χ0) is 20.1. The third-order valence-electron chi connectivity index (χ3n) is 4.49. The number of rotatable bonds is 8. The van der Waals surface area contributed by atoms with Crippen molar-refractivity contribution >= 4 is 27.9 Å². The van der Waals surface area contributed by atoms with Gasteiger partial charge >= 0.3 is 0 Å². The van der Waals surface area contributed by atoms with Crippen LogP contribution in [0.15, 0.2) is 35.1 Å². The molecule has 2 aromatic rings. The summed E-state index contributed by atoms with van der Waals surface area (Å²) in [6.07, 6.45) is 1.86. The second-order valence-corrected chi connectivity index (χ2v) is 8.62. The lowest BCUT2D eigenvalue weighted by Gasteiger charge is -2.33. The second-order valence-electron chi connectivity index (χ2n) is 6.37. The van der Waals surface area contributed by atoms with E-state index in [1.807, 2.05) is 0 Å². The van der Waals surface area contributed by atoms with Gasteiger partial charge in [-0.05, 0) is 30.7 Å². The van der Waals surface area contributed by atoms with Crippen molar-refractivity contribution in [3.8, 4) is 0 Å². The van der Waals surface area contributed by atoms with E-state index in [9.17, 15) is 17.6 Å². The Hall–Kier alpha value is -2.50. The number of nitrogens with zero attached hydrogens (tertiary/aromatic N) is 4. The minimum absolute atomic E-state index is 0.0836. The summed E-state index contributed by atoms with van der Waals surface area (Å²) in [4.78, 5) is 13.5. The van der Waals surface area contributed by atoms with Crippen LogP contribution in [0.25, 0.3) is 0 Å². The van der Waals surface area contributed by atoms with E-state index in [0.717, 1.165) is 5.01 Å². The maximum Gasteiger partial charge on any atom is 0.232 e. The Kier molecular flexibility index (Phi) is 6.27.